The van der Waals surface area contributed by atoms with E-state index >= 15 is 0 Å². The Kier molecular flexibility index (Phi) is 6.44. The first kappa shape index (κ1) is 19.3. The fourth-order valence-corrected chi connectivity index (χ4v) is 1.88. The molecule has 0 heterocycles. The van der Waals surface area contributed by atoms with Gasteiger partial charge in [-0.1, -0.05) is 12.1 Å². The Morgan fingerprint density at radius 3 is 2.22 bits per heavy atom. The Balaban J connectivity index is 2.53. The zero-order valence-corrected chi connectivity index (χ0v) is 13.4. The van der Waals surface area contributed by atoms with Crippen molar-refractivity contribution in [2.24, 2.45) is 0 Å². The zero-order valence-electron chi connectivity index (χ0n) is 13.4. The number of amides is 1. The summed E-state index contributed by atoms with van der Waals surface area (Å²) in [5, 5.41) is 11.8. The Hall–Kier alpha value is -1.76. The van der Waals surface area contributed by atoms with Crippen molar-refractivity contribution in [2.75, 3.05) is 6.61 Å². The summed E-state index contributed by atoms with van der Waals surface area (Å²) in [5.41, 5.74) is -0.647. The predicted octanol–water partition coefficient (Wildman–Crippen LogP) is 3.52. The molecule has 0 aliphatic carbocycles. The number of ether oxygens (including phenoxy) is 1. The summed E-state index contributed by atoms with van der Waals surface area (Å²) in [5.74, 6) is 0. The van der Waals surface area contributed by atoms with E-state index in [4.69, 9.17) is 4.74 Å². The number of halogens is 3. The van der Waals surface area contributed by atoms with Crippen LogP contribution in [-0.4, -0.2) is 29.4 Å². The van der Waals surface area contributed by atoms with Crippen LogP contribution in [0.15, 0.2) is 24.3 Å². The van der Waals surface area contributed by atoms with Gasteiger partial charge in [0.25, 0.3) is 0 Å². The number of hydrogen-bond donors (Lipinski definition) is 2. The second kappa shape index (κ2) is 7.68. The number of aryl methyl sites for hydroxylation is 1. The van der Waals surface area contributed by atoms with Crippen LogP contribution in [0, 0.1) is 0 Å². The standard InChI is InChI=1S/C16H22F3NO3/c1-15(2,3)23-14(22)20-13(10-21)9-6-11-4-7-12(8-5-11)16(17,18)19/h4-5,7-8,13,21H,6,9-10H2,1-3H3,(H,20,22). The molecule has 0 spiro atoms. The smallest absolute Gasteiger partial charge is 0.416 e. The number of benzene rings is 1. The minimum Gasteiger partial charge on any atom is -0.444 e. The van der Waals surface area contributed by atoms with E-state index in [-0.39, 0.29) is 6.61 Å². The molecular weight excluding hydrogens is 311 g/mol. The highest BCUT2D eigenvalue weighted by molar-refractivity contribution is 5.68. The molecule has 0 fully saturated rings. The molecule has 4 nitrogen and oxygen atoms in total. The molecule has 1 unspecified atom stereocenters. The Labute approximate surface area is 133 Å². The van der Waals surface area contributed by atoms with Gasteiger partial charge in [0, 0.05) is 0 Å². The average molecular weight is 333 g/mol. The van der Waals surface area contributed by atoms with Crippen LogP contribution in [0.4, 0.5) is 18.0 Å². The highest BCUT2D eigenvalue weighted by Crippen LogP contribution is 2.29. The van der Waals surface area contributed by atoms with Crippen molar-refractivity contribution in [1.29, 1.82) is 0 Å². The van der Waals surface area contributed by atoms with Gasteiger partial charge in [0.15, 0.2) is 0 Å². The molecule has 0 bridgehead atoms. The first-order valence-electron chi connectivity index (χ1n) is 7.28. The Morgan fingerprint density at radius 2 is 1.78 bits per heavy atom. The summed E-state index contributed by atoms with van der Waals surface area (Å²) in [7, 11) is 0. The van der Waals surface area contributed by atoms with Gasteiger partial charge in [0.05, 0.1) is 18.2 Å². The van der Waals surface area contributed by atoms with Gasteiger partial charge >= 0.3 is 12.3 Å². The largest absolute Gasteiger partial charge is 0.444 e. The molecule has 1 amide bonds. The maximum absolute atomic E-state index is 12.5. The van der Waals surface area contributed by atoms with Crippen molar-refractivity contribution in [1.82, 2.24) is 5.32 Å². The number of nitrogens with one attached hydrogen (secondary N) is 1. The SMILES string of the molecule is CC(C)(C)OC(=O)NC(CO)CCc1ccc(C(F)(F)F)cc1. The number of rotatable bonds is 5. The number of hydrogen-bond acceptors (Lipinski definition) is 3. The molecule has 0 saturated carbocycles. The lowest BCUT2D eigenvalue weighted by Crippen LogP contribution is -2.41. The normalized spacial score (nSPS) is 13.5. The maximum atomic E-state index is 12.5. The molecule has 0 aliphatic rings. The molecule has 130 valence electrons. The number of aliphatic hydroxyl groups excluding tert-OH is 1. The first-order chi connectivity index (χ1) is 10.5. The van der Waals surface area contributed by atoms with Crippen molar-refractivity contribution >= 4 is 6.09 Å². The molecule has 1 atom stereocenters. The fourth-order valence-electron chi connectivity index (χ4n) is 1.88. The summed E-state index contributed by atoms with van der Waals surface area (Å²) < 4.78 is 42.5. The molecule has 0 aliphatic heterocycles. The highest BCUT2D eigenvalue weighted by Gasteiger charge is 2.29. The quantitative estimate of drug-likeness (QED) is 0.867. The zero-order chi connectivity index (χ0) is 17.7. The van der Waals surface area contributed by atoms with Gasteiger partial charge in [-0.3, -0.25) is 0 Å². The van der Waals surface area contributed by atoms with E-state index in [1.54, 1.807) is 20.8 Å². The van der Waals surface area contributed by atoms with Crippen LogP contribution in [0.5, 0.6) is 0 Å². The lowest BCUT2D eigenvalue weighted by atomic mass is 10.0. The molecule has 0 radical (unpaired) electrons. The van der Waals surface area contributed by atoms with Gasteiger partial charge in [0.1, 0.15) is 5.60 Å². The van der Waals surface area contributed by atoms with Crippen molar-refractivity contribution < 1.29 is 27.8 Å². The summed E-state index contributed by atoms with van der Waals surface area (Å²) in [4.78, 5) is 11.6. The number of alkyl carbamates (subject to hydrolysis) is 1. The van der Waals surface area contributed by atoms with E-state index in [1.807, 2.05) is 0 Å². The summed E-state index contributed by atoms with van der Waals surface area (Å²) in [6.07, 6.45) is -4.17. The second-order valence-corrected chi connectivity index (χ2v) is 6.26. The Bertz CT molecular complexity index is 507. The van der Waals surface area contributed by atoms with Crippen molar-refractivity contribution in [3.63, 3.8) is 0 Å². The van der Waals surface area contributed by atoms with E-state index in [2.05, 4.69) is 5.32 Å². The molecule has 2 N–H and O–H groups in total. The molecule has 23 heavy (non-hydrogen) atoms. The molecule has 1 aromatic carbocycles. The van der Waals surface area contributed by atoms with Crippen LogP contribution >= 0.6 is 0 Å². The second-order valence-electron chi connectivity index (χ2n) is 6.26. The molecule has 0 saturated heterocycles. The van der Waals surface area contributed by atoms with E-state index in [0.717, 1.165) is 12.1 Å². The van der Waals surface area contributed by atoms with E-state index in [0.29, 0.717) is 18.4 Å². The number of alkyl halides is 3. The fraction of sp³-hybridized carbons (Fsp3) is 0.562. The minimum atomic E-state index is -4.36. The summed E-state index contributed by atoms with van der Waals surface area (Å²) >= 11 is 0. The van der Waals surface area contributed by atoms with Crippen LogP contribution in [0.3, 0.4) is 0 Å². The lowest BCUT2D eigenvalue weighted by molar-refractivity contribution is -0.137. The maximum Gasteiger partial charge on any atom is 0.416 e. The number of aliphatic hydroxyl groups is 1. The van der Waals surface area contributed by atoms with Crippen LogP contribution in [0.2, 0.25) is 0 Å². The third-order valence-corrected chi connectivity index (χ3v) is 3.00. The van der Waals surface area contributed by atoms with Crippen molar-refractivity contribution in [3.8, 4) is 0 Å². The molecule has 1 aromatic rings. The van der Waals surface area contributed by atoms with Crippen molar-refractivity contribution in [2.45, 2.75) is 51.4 Å². The molecule has 1 rings (SSSR count). The monoisotopic (exact) mass is 333 g/mol. The van der Waals surface area contributed by atoms with Gasteiger partial charge in [-0.25, -0.2) is 4.79 Å². The van der Waals surface area contributed by atoms with Crippen LogP contribution in [0.25, 0.3) is 0 Å². The van der Waals surface area contributed by atoms with E-state index < -0.39 is 29.5 Å². The van der Waals surface area contributed by atoms with Gasteiger partial charge in [-0.05, 0) is 51.3 Å². The highest BCUT2D eigenvalue weighted by atomic mass is 19.4. The van der Waals surface area contributed by atoms with Crippen LogP contribution in [-0.2, 0) is 17.3 Å². The molecule has 0 aromatic heterocycles. The third kappa shape index (κ3) is 7.36. The van der Waals surface area contributed by atoms with Crippen LogP contribution in [0.1, 0.15) is 38.3 Å². The van der Waals surface area contributed by atoms with Gasteiger partial charge in [-0.2, -0.15) is 13.2 Å². The van der Waals surface area contributed by atoms with Gasteiger partial charge in [-0.15, -0.1) is 0 Å². The van der Waals surface area contributed by atoms with E-state index in [9.17, 15) is 23.1 Å². The number of carbonyl (C=O) groups excluding carboxylic acids is 1. The topological polar surface area (TPSA) is 58.6 Å². The van der Waals surface area contributed by atoms with Gasteiger partial charge < -0.3 is 15.2 Å². The average Bonchev–Trinajstić information content (AvgIpc) is 2.41. The van der Waals surface area contributed by atoms with Crippen LogP contribution < -0.4 is 5.32 Å². The van der Waals surface area contributed by atoms with Crippen molar-refractivity contribution in [3.05, 3.63) is 35.4 Å². The van der Waals surface area contributed by atoms with Gasteiger partial charge in [0.2, 0.25) is 0 Å². The summed E-state index contributed by atoms with van der Waals surface area (Å²) in [6.45, 7) is 4.90. The third-order valence-electron chi connectivity index (χ3n) is 3.00. The van der Waals surface area contributed by atoms with E-state index in [1.165, 1.54) is 12.1 Å². The molecular formula is C16H22F3NO3. The lowest BCUT2D eigenvalue weighted by Gasteiger charge is -2.22. The minimum absolute atomic E-state index is 0.278. The Morgan fingerprint density at radius 1 is 1.22 bits per heavy atom. The molecule has 7 heteroatoms. The summed E-state index contributed by atoms with van der Waals surface area (Å²) in [6, 6.07) is 4.30. The predicted molar refractivity (Wildman–Crippen MR) is 80.0 cm³/mol. The number of carbonyl (C=O) groups is 1. The first-order valence-corrected chi connectivity index (χ1v) is 7.28.